The number of methoxy groups -OCH3 is 1. The summed E-state index contributed by atoms with van der Waals surface area (Å²) in [6.45, 7) is 6.09. The summed E-state index contributed by atoms with van der Waals surface area (Å²) in [5.74, 6) is 1.60. The highest BCUT2D eigenvalue weighted by Crippen LogP contribution is 2.23. The van der Waals surface area contributed by atoms with Crippen molar-refractivity contribution in [3.05, 3.63) is 36.2 Å². The largest absolute Gasteiger partial charge is 0.497 e. The molecular weight excluding hydrogens is 264 g/mol. The van der Waals surface area contributed by atoms with Gasteiger partial charge in [0.1, 0.15) is 5.75 Å². The van der Waals surface area contributed by atoms with E-state index in [1.807, 2.05) is 37.4 Å². The maximum atomic E-state index is 5.17. The smallest absolute Gasteiger partial charge is 0.159 e. The lowest BCUT2D eigenvalue weighted by Crippen LogP contribution is -2.43. The summed E-state index contributed by atoms with van der Waals surface area (Å²) in [6, 6.07) is 7.83. The van der Waals surface area contributed by atoms with Crippen LogP contribution >= 0.6 is 0 Å². The molecular formula is C16H20N4O. The SMILES string of the molecule is COc1ccc(-c2ncc(N3CCNCC3)c(C)n2)cc1. The van der Waals surface area contributed by atoms with Crippen LogP contribution in [0.4, 0.5) is 5.69 Å². The van der Waals surface area contributed by atoms with E-state index in [1.165, 1.54) is 0 Å². The highest BCUT2D eigenvalue weighted by Gasteiger charge is 2.14. The number of rotatable bonds is 3. The third-order valence-corrected chi connectivity index (χ3v) is 3.76. The molecule has 0 atom stereocenters. The minimum absolute atomic E-state index is 0.758. The van der Waals surface area contributed by atoms with Gasteiger partial charge in [0.05, 0.1) is 24.7 Å². The highest BCUT2D eigenvalue weighted by molar-refractivity contribution is 5.59. The molecule has 110 valence electrons. The number of hydrogen-bond acceptors (Lipinski definition) is 5. The molecule has 2 aromatic rings. The van der Waals surface area contributed by atoms with E-state index in [2.05, 4.69) is 20.2 Å². The summed E-state index contributed by atoms with van der Waals surface area (Å²) in [5, 5.41) is 3.36. The number of anilines is 1. The van der Waals surface area contributed by atoms with E-state index in [0.29, 0.717) is 0 Å². The van der Waals surface area contributed by atoms with Crippen molar-refractivity contribution in [3.8, 4) is 17.1 Å². The number of ether oxygens (including phenoxy) is 1. The molecule has 1 aromatic carbocycles. The van der Waals surface area contributed by atoms with Gasteiger partial charge in [0.25, 0.3) is 0 Å². The highest BCUT2D eigenvalue weighted by atomic mass is 16.5. The Kier molecular flexibility index (Phi) is 4.01. The van der Waals surface area contributed by atoms with E-state index in [9.17, 15) is 0 Å². The summed E-state index contributed by atoms with van der Waals surface area (Å²) in [5.41, 5.74) is 3.16. The Morgan fingerprint density at radius 1 is 1.14 bits per heavy atom. The fourth-order valence-corrected chi connectivity index (χ4v) is 2.56. The minimum atomic E-state index is 0.758. The molecule has 0 amide bonds. The van der Waals surface area contributed by atoms with Crippen molar-refractivity contribution in [2.75, 3.05) is 38.2 Å². The standard InChI is InChI=1S/C16H20N4O/c1-12-15(20-9-7-17-8-10-20)11-18-16(19-12)13-3-5-14(21-2)6-4-13/h3-6,11,17H,7-10H2,1-2H3. The van der Waals surface area contributed by atoms with Crippen LogP contribution in [-0.2, 0) is 0 Å². The van der Waals surface area contributed by atoms with Crippen molar-refractivity contribution in [2.45, 2.75) is 6.92 Å². The molecule has 5 nitrogen and oxygen atoms in total. The van der Waals surface area contributed by atoms with Crippen LogP contribution in [-0.4, -0.2) is 43.3 Å². The summed E-state index contributed by atoms with van der Waals surface area (Å²) < 4.78 is 5.17. The van der Waals surface area contributed by atoms with Gasteiger partial charge < -0.3 is 15.0 Å². The second-order valence-corrected chi connectivity index (χ2v) is 5.13. The van der Waals surface area contributed by atoms with Gasteiger partial charge in [0, 0.05) is 31.7 Å². The molecule has 21 heavy (non-hydrogen) atoms. The van der Waals surface area contributed by atoms with Crippen molar-refractivity contribution < 1.29 is 4.74 Å². The van der Waals surface area contributed by atoms with Crippen molar-refractivity contribution in [3.63, 3.8) is 0 Å². The van der Waals surface area contributed by atoms with Crippen molar-refractivity contribution >= 4 is 5.69 Å². The first-order valence-electron chi connectivity index (χ1n) is 7.21. The third-order valence-electron chi connectivity index (χ3n) is 3.76. The average Bonchev–Trinajstić information content (AvgIpc) is 2.55. The third kappa shape index (κ3) is 2.97. The fraction of sp³-hybridized carbons (Fsp3) is 0.375. The molecule has 1 N–H and O–H groups in total. The number of nitrogens with zero attached hydrogens (tertiary/aromatic N) is 3. The van der Waals surface area contributed by atoms with Gasteiger partial charge in [-0.1, -0.05) is 0 Å². The molecule has 1 saturated heterocycles. The second kappa shape index (κ2) is 6.10. The zero-order valence-corrected chi connectivity index (χ0v) is 12.5. The Morgan fingerprint density at radius 2 is 1.86 bits per heavy atom. The number of piperazine rings is 1. The number of aryl methyl sites for hydroxylation is 1. The topological polar surface area (TPSA) is 50.3 Å². The number of benzene rings is 1. The molecule has 1 aromatic heterocycles. The lowest BCUT2D eigenvalue weighted by Gasteiger charge is -2.30. The molecule has 0 radical (unpaired) electrons. The molecule has 3 rings (SSSR count). The van der Waals surface area contributed by atoms with E-state index in [-0.39, 0.29) is 0 Å². The maximum Gasteiger partial charge on any atom is 0.159 e. The number of aromatic nitrogens is 2. The molecule has 0 spiro atoms. The summed E-state index contributed by atoms with van der Waals surface area (Å²) >= 11 is 0. The van der Waals surface area contributed by atoms with Gasteiger partial charge in [-0.25, -0.2) is 9.97 Å². The Bertz CT molecular complexity index is 606. The second-order valence-electron chi connectivity index (χ2n) is 5.13. The average molecular weight is 284 g/mol. The van der Waals surface area contributed by atoms with Gasteiger partial charge in [0.2, 0.25) is 0 Å². The molecule has 5 heteroatoms. The van der Waals surface area contributed by atoms with Crippen LogP contribution in [0.5, 0.6) is 5.75 Å². The van der Waals surface area contributed by atoms with Crippen LogP contribution in [0.15, 0.2) is 30.5 Å². The fourth-order valence-electron chi connectivity index (χ4n) is 2.56. The summed E-state index contributed by atoms with van der Waals surface area (Å²) in [7, 11) is 1.66. The molecule has 0 saturated carbocycles. The van der Waals surface area contributed by atoms with Crippen molar-refractivity contribution in [1.82, 2.24) is 15.3 Å². The quantitative estimate of drug-likeness (QED) is 0.932. The molecule has 0 aliphatic carbocycles. The molecule has 1 aliphatic heterocycles. The van der Waals surface area contributed by atoms with Gasteiger partial charge in [0.15, 0.2) is 5.82 Å². The summed E-state index contributed by atoms with van der Waals surface area (Å²) in [6.07, 6.45) is 1.94. The predicted molar refractivity (Wildman–Crippen MR) is 83.8 cm³/mol. The van der Waals surface area contributed by atoms with Crippen LogP contribution in [0.2, 0.25) is 0 Å². The molecule has 0 unspecified atom stereocenters. The van der Waals surface area contributed by atoms with Gasteiger partial charge >= 0.3 is 0 Å². The lowest BCUT2D eigenvalue weighted by molar-refractivity contribution is 0.415. The normalized spacial score (nSPS) is 15.0. The molecule has 1 aliphatic rings. The van der Waals surface area contributed by atoms with Gasteiger partial charge in [-0.05, 0) is 31.2 Å². The van der Waals surface area contributed by atoms with Gasteiger partial charge in [-0.15, -0.1) is 0 Å². The first-order chi connectivity index (χ1) is 10.3. The zero-order valence-electron chi connectivity index (χ0n) is 12.5. The zero-order chi connectivity index (χ0) is 14.7. The lowest BCUT2D eigenvalue weighted by atomic mass is 10.2. The van der Waals surface area contributed by atoms with Crippen LogP contribution in [0, 0.1) is 6.92 Å². The molecule has 1 fully saturated rings. The van der Waals surface area contributed by atoms with E-state index >= 15 is 0 Å². The van der Waals surface area contributed by atoms with Crippen molar-refractivity contribution in [2.24, 2.45) is 0 Å². The van der Waals surface area contributed by atoms with Crippen LogP contribution in [0.3, 0.4) is 0 Å². The number of nitrogens with one attached hydrogen (secondary N) is 1. The Hall–Kier alpha value is -2.14. The molecule has 2 heterocycles. The van der Waals surface area contributed by atoms with E-state index < -0.39 is 0 Å². The first-order valence-corrected chi connectivity index (χ1v) is 7.21. The first kappa shape index (κ1) is 13.8. The van der Waals surface area contributed by atoms with Crippen molar-refractivity contribution in [1.29, 1.82) is 0 Å². The van der Waals surface area contributed by atoms with E-state index in [4.69, 9.17) is 4.74 Å². The Balaban J connectivity index is 1.85. The number of hydrogen-bond donors (Lipinski definition) is 1. The predicted octanol–water partition coefficient (Wildman–Crippen LogP) is 1.87. The maximum absolute atomic E-state index is 5.17. The van der Waals surface area contributed by atoms with Crippen LogP contribution in [0.25, 0.3) is 11.4 Å². The molecule has 0 bridgehead atoms. The van der Waals surface area contributed by atoms with E-state index in [0.717, 1.165) is 54.7 Å². The van der Waals surface area contributed by atoms with E-state index in [1.54, 1.807) is 7.11 Å². The van der Waals surface area contributed by atoms with Crippen LogP contribution < -0.4 is 15.0 Å². The summed E-state index contributed by atoms with van der Waals surface area (Å²) in [4.78, 5) is 11.5. The van der Waals surface area contributed by atoms with Gasteiger partial charge in [-0.3, -0.25) is 0 Å². The Labute approximate surface area is 125 Å². The minimum Gasteiger partial charge on any atom is -0.497 e. The monoisotopic (exact) mass is 284 g/mol. The Morgan fingerprint density at radius 3 is 2.48 bits per heavy atom. The van der Waals surface area contributed by atoms with Gasteiger partial charge in [-0.2, -0.15) is 0 Å². The van der Waals surface area contributed by atoms with Crippen LogP contribution in [0.1, 0.15) is 5.69 Å².